The maximum absolute atomic E-state index is 12.2. The Morgan fingerprint density at radius 1 is 1.53 bits per heavy atom. The van der Waals surface area contributed by atoms with Crippen LogP contribution in [0.4, 0.5) is 0 Å². The van der Waals surface area contributed by atoms with Crippen molar-refractivity contribution in [1.82, 2.24) is 5.01 Å². The molecule has 0 aromatic carbocycles. The van der Waals surface area contributed by atoms with Gasteiger partial charge in [0, 0.05) is 12.5 Å². The third-order valence-electron chi connectivity index (χ3n) is 2.60. The van der Waals surface area contributed by atoms with Crippen LogP contribution in [-0.2, 0) is 9.63 Å². The van der Waals surface area contributed by atoms with Crippen molar-refractivity contribution in [1.29, 1.82) is 0 Å². The van der Waals surface area contributed by atoms with Gasteiger partial charge in [-0.25, -0.2) is 5.01 Å². The third kappa shape index (κ3) is 2.22. The highest BCUT2D eigenvalue weighted by Crippen LogP contribution is 2.38. The average Bonchev–Trinajstić information content (AvgIpc) is 2.43. The van der Waals surface area contributed by atoms with E-state index < -0.39 is 4.32 Å². The van der Waals surface area contributed by atoms with Crippen LogP contribution >= 0.6 is 15.9 Å². The number of amides is 1. The van der Waals surface area contributed by atoms with Gasteiger partial charge in [0.1, 0.15) is 7.11 Å². The number of carbonyl (C=O) groups excluding carboxylic acids is 1. The van der Waals surface area contributed by atoms with E-state index >= 15 is 0 Å². The van der Waals surface area contributed by atoms with Gasteiger partial charge in [-0.05, 0) is 6.92 Å². The van der Waals surface area contributed by atoms with E-state index in [1.165, 1.54) is 12.1 Å². The summed E-state index contributed by atoms with van der Waals surface area (Å²) in [7, 11) is 3.09. The van der Waals surface area contributed by atoms with E-state index in [1.54, 1.807) is 14.0 Å². The minimum atomic E-state index is -0.990. The van der Waals surface area contributed by atoms with Gasteiger partial charge in [-0.2, -0.15) is 5.10 Å². The number of nitrogens with zero attached hydrogens (tertiary/aromatic N) is 3. The van der Waals surface area contributed by atoms with Gasteiger partial charge < -0.3 is 4.84 Å². The summed E-state index contributed by atoms with van der Waals surface area (Å²) in [6.07, 6.45) is 0. The van der Waals surface area contributed by atoms with Crippen molar-refractivity contribution >= 4 is 33.3 Å². The molecule has 1 rings (SSSR count). The van der Waals surface area contributed by atoms with Crippen molar-refractivity contribution in [2.75, 3.05) is 14.2 Å². The van der Waals surface area contributed by atoms with Crippen molar-refractivity contribution < 1.29 is 9.63 Å². The molecule has 0 fully saturated rings. The monoisotopic (exact) mass is 303 g/mol. The van der Waals surface area contributed by atoms with E-state index in [0.29, 0.717) is 5.71 Å². The molecule has 0 aromatic heterocycles. The molecular weight excluding hydrogens is 286 g/mol. The van der Waals surface area contributed by atoms with E-state index in [9.17, 15) is 4.79 Å². The van der Waals surface area contributed by atoms with Crippen molar-refractivity contribution in [3.8, 4) is 0 Å². The van der Waals surface area contributed by atoms with Crippen molar-refractivity contribution in [2.24, 2.45) is 15.7 Å². The molecule has 1 atom stereocenters. The summed E-state index contributed by atoms with van der Waals surface area (Å²) < 4.78 is -0.990. The Labute approximate surface area is 110 Å². The molecule has 0 aromatic rings. The minimum Gasteiger partial charge on any atom is -0.399 e. The number of oxime groups is 1. The first-order chi connectivity index (χ1) is 7.65. The minimum absolute atomic E-state index is 0.152. The molecule has 1 aliphatic heterocycles. The van der Waals surface area contributed by atoms with Gasteiger partial charge in [0.2, 0.25) is 0 Å². The second-order valence-electron chi connectivity index (χ2n) is 5.05. The largest absolute Gasteiger partial charge is 0.399 e. The Kier molecular flexibility index (Phi) is 3.66. The maximum Gasteiger partial charge on any atom is 0.271 e. The summed E-state index contributed by atoms with van der Waals surface area (Å²) in [5.74, 6) is -0.152. The van der Waals surface area contributed by atoms with Gasteiger partial charge in [0.25, 0.3) is 5.91 Å². The van der Waals surface area contributed by atoms with Crippen LogP contribution in [0.1, 0.15) is 27.7 Å². The highest BCUT2D eigenvalue weighted by molar-refractivity contribution is 9.11. The van der Waals surface area contributed by atoms with Gasteiger partial charge >= 0.3 is 0 Å². The lowest BCUT2D eigenvalue weighted by Crippen LogP contribution is -2.50. The maximum atomic E-state index is 12.2. The van der Waals surface area contributed by atoms with Crippen LogP contribution in [0, 0.1) is 5.41 Å². The predicted molar refractivity (Wildman–Crippen MR) is 71.4 cm³/mol. The van der Waals surface area contributed by atoms with Crippen molar-refractivity contribution in [3.05, 3.63) is 0 Å². The fourth-order valence-electron chi connectivity index (χ4n) is 1.78. The smallest absolute Gasteiger partial charge is 0.271 e. The summed E-state index contributed by atoms with van der Waals surface area (Å²) in [5, 5.41) is 9.52. The standard InChI is InChI=1S/C11H18BrN3O2/c1-7(14-17-6)11(12)8(10(2,3)4)13-15(5)9(11)16/h1-6H3. The van der Waals surface area contributed by atoms with Gasteiger partial charge in [-0.15, -0.1) is 0 Å². The van der Waals surface area contributed by atoms with Crippen LogP contribution in [0.5, 0.6) is 0 Å². The third-order valence-corrected chi connectivity index (χ3v) is 3.89. The Hall–Kier alpha value is -0.910. The summed E-state index contributed by atoms with van der Waals surface area (Å²) >= 11 is 3.49. The topological polar surface area (TPSA) is 54.3 Å². The summed E-state index contributed by atoms with van der Waals surface area (Å²) in [5.41, 5.74) is 1.04. The molecule has 1 unspecified atom stereocenters. The van der Waals surface area contributed by atoms with Crippen LogP contribution in [0.3, 0.4) is 0 Å². The Morgan fingerprint density at radius 2 is 2.06 bits per heavy atom. The van der Waals surface area contributed by atoms with E-state index in [2.05, 4.69) is 26.2 Å². The molecule has 1 heterocycles. The van der Waals surface area contributed by atoms with Crippen LogP contribution < -0.4 is 0 Å². The predicted octanol–water partition coefficient (Wildman–Crippen LogP) is 2.02. The Bertz CT molecular complexity index is 398. The van der Waals surface area contributed by atoms with Gasteiger partial charge in [-0.1, -0.05) is 41.9 Å². The zero-order valence-electron chi connectivity index (χ0n) is 11.0. The number of hydrogen-bond acceptors (Lipinski definition) is 4. The van der Waals surface area contributed by atoms with Crippen molar-refractivity contribution in [3.63, 3.8) is 0 Å². The number of alkyl halides is 1. The molecule has 1 amide bonds. The van der Waals surface area contributed by atoms with Crippen LogP contribution in [0.25, 0.3) is 0 Å². The molecular formula is C11H18BrN3O2. The number of halogens is 1. The molecule has 6 heteroatoms. The quantitative estimate of drug-likeness (QED) is 0.445. The lowest BCUT2D eigenvalue weighted by atomic mass is 9.80. The van der Waals surface area contributed by atoms with Crippen LogP contribution in [0.2, 0.25) is 0 Å². The number of carbonyl (C=O) groups is 1. The van der Waals surface area contributed by atoms with Gasteiger partial charge in [0.15, 0.2) is 4.32 Å². The molecule has 5 nitrogen and oxygen atoms in total. The molecule has 0 bridgehead atoms. The van der Waals surface area contributed by atoms with E-state index in [0.717, 1.165) is 5.71 Å². The van der Waals surface area contributed by atoms with Gasteiger partial charge in [-0.3, -0.25) is 4.79 Å². The molecule has 0 saturated carbocycles. The lowest BCUT2D eigenvalue weighted by Gasteiger charge is -2.28. The van der Waals surface area contributed by atoms with Crippen LogP contribution in [0.15, 0.2) is 10.3 Å². The number of hydrazone groups is 1. The van der Waals surface area contributed by atoms with E-state index in [-0.39, 0.29) is 11.3 Å². The van der Waals surface area contributed by atoms with Gasteiger partial charge in [0.05, 0.1) is 11.4 Å². The molecule has 0 N–H and O–H groups in total. The Balaban J connectivity index is 3.34. The summed E-state index contributed by atoms with van der Waals surface area (Å²) in [4.78, 5) is 17.0. The molecule has 0 aliphatic carbocycles. The molecule has 0 spiro atoms. The fourth-order valence-corrected chi connectivity index (χ4v) is 2.78. The fraction of sp³-hybridized carbons (Fsp3) is 0.727. The zero-order valence-corrected chi connectivity index (χ0v) is 12.6. The Morgan fingerprint density at radius 3 is 2.47 bits per heavy atom. The van der Waals surface area contributed by atoms with Crippen molar-refractivity contribution in [2.45, 2.75) is 32.0 Å². The highest BCUT2D eigenvalue weighted by atomic mass is 79.9. The second kappa shape index (κ2) is 4.40. The first-order valence-corrected chi connectivity index (χ1v) is 6.09. The molecule has 0 saturated heterocycles. The number of rotatable bonds is 2. The van der Waals surface area contributed by atoms with E-state index in [4.69, 9.17) is 4.84 Å². The summed E-state index contributed by atoms with van der Waals surface area (Å²) in [6, 6.07) is 0. The first kappa shape index (κ1) is 14.2. The second-order valence-corrected chi connectivity index (χ2v) is 6.23. The molecule has 0 radical (unpaired) electrons. The van der Waals surface area contributed by atoms with Crippen LogP contribution in [-0.4, -0.2) is 40.8 Å². The highest BCUT2D eigenvalue weighted by Gasteiger charge is 2.54. The number of hydrogen-bond donors (Lipinski definition) is 0. The van der Waals surface area contributed by atoms with E-state index in [1.807, 2.05) is 20.8 Å². The SMILES string of the molecule is CON=C(C)C1(Br)C(=O)N(C)N=C1C(C)(C)C. The zero-order chi connectivity index (χ0) is 13.4. The first-order valence-electron chi connectivity index (χ1n) is 5.30. The molecule has 96 valence electrons. The normalized spacial score (nSPS) is 26.3. The molecule has 1 aliphatic rings. The molecule has 17 heavy (non-hydrogen) atoms. The lowest BCUT2D eigenvalue weighted by molar-refractivity contribution is -0.127. The average molecular weight is 304 g/mol. The summed E-state index contributed by atoms with van der Waals surface area (Å²) in [6.45, 7) is 7.77.